The minimum absolute atomic E-state index is 0.291. The molecular weight excluding hydrogens is 424 g/mol. The molecule has 0 radical (unpaired) electrons. The van der Waals surface area contributed by atoms with Crippen LogP contribution in [0, 0.1) is 5.92 Å². The molecule has 1 aliphatic rings. The summed E-state index contributed by atoms with van der Waals surface area (Å²) in [5, 5.41) is 5.89. The number of carbonyl (C=O) groups excluding carboxylic acids is 3. The Hall–Kier alpha value is -1.73. The molecule has 8 heteroatoms. The Balaban J connectivity index is 1.90. The Morgan fingerprint density at radius 3 is 2.57 bits per heavy atom. The Morgan fingerprint density at radius 2 is 1.90 bits per heavy atom. The quantitative estimate of drug-likeness (QED) is 0.525. The molecule has 2 unspecified atom stereocenters. The second-order valence-corrected chi connectivity index (χ2v) is 9.01. The molecule has 6 nitrogen and oxygen atoms in total. The predicted octanol–water partition coefficient (Wildman–Crippen LogP) is 3.82. The summed E-state index contributed by atoms with van der Waals surface area (Å²) >= 11 is 7.64. The second kappa shape index (κ2) is 12.8. The molecule has 0 aromatic heterocycles. The first-order valence-electron chi connectivity index (χ1n) is 10.4. The number of ether oxygens (including phenoxy) is 1. The van der Waals surface area contributed by atoms with E-state index in [2.05, 4.69) is 10.6 Å². The molecule has 30 heavy (non-hydrogen) atoms. The summed E-state index contributed by atoms with van der Waals surface area (Å²) in [5.74, 6) is -0.224. The molecule has 2 N–H and O–H groups in total. The summed E-state index contributed by atoms with van der Waals surface area (Å²) in [6.07, 6.45) is 7.30. The number of thioether (sulfide) groups is 1. The number of amides is 2. The molecule has 0 aliphatic heterocycles. The van der Waals surface area contributed by atoms with Gasteiger partial charge < -0.3 is 15.4 Å². The van der Waals surface area contributed by atoms with Crippen LogP contribution < -0.4 is 10.6 Å². The molecule has 0 heterocycles. The third-order valence-corrected chi connectivity index (χ3v) is 6.24. The van der Waals surface area contributed by atoms with E-state index in [4.69, 9.17) is 16.3 Å². The van der Waals surface area contributed by atoms with E-state index in [-0.39, 0.29) is 5.91 Å². The van der Waals surface area contributed by atoms with E-state index in [1.54, 1.807) is 43.0 Å². The lowest BCUT2D eigenvalue weighted by atomic mass is 9.89. The summed E-state index contributed by atoms with van der Waals surface area (Å²) in [6.45, 7) is 2.16. The summed E-state index contributed by atoms with van der Waals surface area (Å²) in [7, 11) is 0. The van der Waals surface area contributed by atoms with Gasteiger partial charge in [-0.25, -0.2) is 4.79 Å². The fourth-order valence-electron chi connectivity index (χ4n) is 3.46. The largest absolute Gasteiger partial charge is 0.451 e. The van der Waals surface area contributed by atoms with Gasteiger partial charge in [-0.05, 0) is 56.2 Å². The van der Waals surface area contributed by atoms with E-state index in [0.717, 1.165) is 12.8 Å². The fraction of sp³-hybridized carbons (Fsp3) is 0.591. The van der Waals surface area contributed by atoms with Crippen molar-refractivity contribution in [3.63, 3.8) is 0 Å². The van der Waals surface area contributed by atoms with E-state index in [9.17, 15) is 14.4 Å². The van der Waals surface area contributed by atoms with Crippen molar-refractivity contribution in [2.45, 2.75) is 57.6 Å². The zero-order valence-corrected chi connectivity index (χ0v) is 19.2. The monoisotopic (exact) mass is 454 g/mol. The number of halogens is 1. The van der Waals surface area contributed by atoms with Crippen LogP contribution in [0.3, 0.4) is 0 Å². The molecule has 166 valence electrons. The number of rotatable bonds is 10. The maximum Gasteiger partial charge on any atom is 0.329 e. The summed E-state index contributed by atoms with van der Waals surface area (Å²) < 4.78 is 5.37. The van der Waals surface area contributed by atoms with Crippen LogP contribution in [0.2, 0.25) is 5.02 Å². The van der Waals surface area contributed by atoms with E-state index in [0.29, 0.717) is 35.2 Å². The van der Waals surface area contributed by atoms with E-state index < -0.39 is 24.0 Å². The molecule has 1 aromatic rings. The van der Waals surface area contributed by atoms with Gasteiger partial charge in [-0.15, -0.1) is 0 Å². The maximum atomic E-state index is 12.7. The number of esters is 1. The van der Waals surface area contributed by atoms with Crippen LogP contribution in [0.4, 0.5) is 0 Å². The van der Waals surface area contributed by atoms with Crippen LogP contribution in [0.15, 0.2) is 24.3 Å². The first-order chi connectivity index (χ1) is 14.4. The number of benzene rings is 1. The highest BCUT2D eigenvalue weighted by Crippen LogP contribution is 2.22. The Labute approximate surface area is 187 Å². The lowest BCUT2D eigenvalue weighted by molar-refractivity contribution is -0.156. The molecule has 1 aromatic carbocycles. The van der Waals surface area contributed by atoms with Gasteiger partial charge in [0.2, 0.25) is 0 Å². The molecule has 0 saturated heterocycles. The molecule has 0 spiro atoms. The zero-order valence-electron chi connectivity index (χ0n) is 17.6. The maximum absolute atomic E-state index is 12.7. The van der Waals surface area contributed by atoms with Crippen LogP contribution in [0.1, 0.15) is 55.8 Å². The van der Waals surface area contributed by atoms with Crippen LogP contribution in [0.25, 0.3) is 0 Å². The average molecular weight is 455 g/mol. The first kappa shape index (κ1) is 24.5. The third-order valence-electron chi connectivity index (χ3n) is 5.27. The standard InChI is InChI=1S/C22H31ClN2O4S/c1-15(20(26)24-14-16-8-4-3-5-9-16)29-22(28)19(12-13-30-2)25-21(27)17-10-6-7-11-18(17)23/h6-7,10-11,15-16,19H,3-5,8-9,12-14H2,1-2H3,(H,24,26)(H,25,27). The Morgan fingerprint density at radius 1 is 1.20 bits per heavy atom. The van der Waals surface area contributed by atoms with Crippen LogP contribution in [-0.2, 0) is 14.3 Å². The highest BCUT2D eigenvalue weighted by molar-refractivity contribution is 7.98. The number of hydrogen-bond acceptors (Lipinski definition) is 5. The van der Waals surface area contributed by atoms with Gasteiger partial charge >= 0.3 is 5.97 Å². The summed E-state index contributed by atoms with van der Waals surface area (Å²) in [6, 6.07) is 5.79. The van der Waals surface area contributed by atoms with Gasteiger partial charge in [0.05, 0.1) is 10.6 Å². The van der Waals surface area contributed by atoms with Crippen molar-refractivity contribution in [1.29, 1.82) is 0 Å². The van der Waals surface area contributed by atoms with Crippen LogP contribution >= 0.6 is 23.4 Å². The van der Waals surface area contributed by atoms with Crippen LogP contribution in [-0.4, -0.2) is 48.5 Å². The molecule has 2 amide bonds. The SMILES string of the molecule is CSCCC(NC(=O)c1ccccc1Cl)C(=O)OC(C)C(=O)NCC1CCCCC1. The van der Waals surface area contributed by atoms with Gasteiger partial charge in [-0.1, -0.05) is 43.0 Å². The highest BCUT2D eigenvalue weighted by Gasteiger charge is 2.27. The summed E-state index contributed by atoms with van der Waals surface area (Å²) in [5.41, 5.74) is 0.291. The minimum Gasteiger partial charge on any atom is -0.451 e. The topological polar surface area (TPSA) is 84.5 Å². The van der Waals surface area contributed by atoms with E-state index >= 15 is 0 Å². The predicted molar refractivity (Wildman–Crippen MR) is 121 cm³/mol. The first-order valence-corrected chi connectivity index (χ1v) is 12.2. The van der Waals surface area contributed by atoms with Crippen molar-refractivity contribution in [1.82, 2.24) is 10.6 Å². The number of nitrogens with one attached hydrogen (secondary N) is 2. The van der Waals surface area contributed by atoms with Crippen molar-refractivity contribution >= 4 is 41.1 Å². The van der Waals surface area contributed by atoms with Crippen molar-refractivity contribution in [2.75, 3.05) is 18.6 Å². The van der Waals surface area contributed by atoms with E-state index in [1.165, 1.54) is 19.3 Å². The lowest BCUT2D eigenvalue weighted by Crippen LogP contribution is -2.46. The smallest absolute Gasteiger partial charge is 0.329 e. The van der Waals surface area contributed by atoms with Crippen molar-refractivity contribution in [2.24, 2.45) is 5.92 Å². The van der Waals surface area contributed by atoms with Gasteiger partial charge in [0.15, 0.2) is 6.10 Å². The van der Waals surface area contributed by atoms with Gasteiger partial charge in [-0.2, -0.15) is 11.8 Å². The Kier molecular flexibility index (Phi) is 10.5. The van der Waals surface area contributed by atoms with Crippen molar-refractivity contribution in [3.8, 4) is 0 Å². The molecule has 1 fully saturated rings. The molecule has 1 aliphatic carbocycles. The lowest BCUT2D eigenvalue weighted by Gasteiger charge is -2.23. The normalized spacial score (nSPS) is 16.4. The van der Waals surface area contributed by atoms with Gasteiger partial charge in [0.1, 0.15) is 6.04 Å². The molecule has 0 bridgehead atoms. The van der Waals surface area contributed by atoms with Gasteiger partial charge in [-0.3, -0.25) is 9.59 Å². The third kappa shape index (κ3) is 7.84. The number of hydrogen-bond donors (Lipinski definition) is 2. The van der Waals surface area contributed by atoms with E-state index in [1.807, 2.05) is 6.26 Å². The molecule has 1 saturated carbocycles. The second-order valence-electron chi connectivity index (χ2n) is 7.62. The van der Waals surface area contributed by atoms with Crippen molar-refractivity contribution in [3.05, 3.63) is 34.9 Å². The minimum atomic E-state index is -0.921. The molecule has 2 rings (SSSR count). The zero-order chi connectivity index (χ0) is 21.9. The molecule has 2 atom stereocenters. The highest BCUT2D eigenvalue weighted by atomic mass is 35.5. The number of carbonyl (C=O) groups is 3. The molecular formula is C22H31ClN2O4S. The summed E-state index contributed by atoms with van der Waals surface area (Å²) in [4.78, 5) is 37.6. The van der Waals surface area contributed by atoms with Gasteiger partial charge in [0.25, 0.3) is 11.8 Å². The van der Waals surface area contributed by atoms with Crippen LogP contribution in [0.5, 0.6) is 0 Å². The Bertz CT molecular complexity index is 725. The average Bonchev–Trinajstić information content (AvgIpc) is 2.75. The fourth-order valence-corrected chi connectivity index (χ4v) is 4.15. The van der Waals surface area contributed by atoms with Crippen molar-refractivity contribution < 1.29 is 19.1 Å². The van der Waals surface area contributed by atoms with Gasteiger partial charge in [0, 0.05) is 6.54 Å².